The highest BCUT2D eigenvalue weighted by atomic mass is 19.1. The predicted molar refractivity (Wildman–Crippen MR) is 113 cm³/mol. The molecule has 0 radical (unpaired) electrons. The molecule has 1 aliphatic heterocycles. The lowest BCUT2D eigenvalue weighted by molar-refractivity contribution is 0.0780. The molecule has 0 saturated carbocycles. The third-order valence-corrected chi connectivity index (χ3v) is 5.54. The monoisotopic (exact) mass is 416 g/mol. The molecule has 156 valence electrons. The summed E-state index contributed by atoms with van der Waals surface area (Å²) < 4.78 is 16.9. The lowest BCUT2D eigenvalue weighted by Gasteiger charge is -2.14. The molecule has 3 aromatic heterocycles. The summed E-state index contributed by atoms with van der Waals surface area (Å²) in [5, 5.41) is 8.76. The molecule has 1 amide bonds. The van der Waals surface area contributed by atoms with Gasteiger partial charge in [0.2, 0.25) is 0 Å². The van der Waals surface area contributed by atoms with Crippen LogP contribution >= 0.6 is 0 Å². The van der Waals surface area contributed by atoms with Gasteiger partial charge in [-0.15, -0.1) is 0 Å². The molecule has 0 bridgehead atoms. The number of aromatic nitrogens is 5. The number of amides is 1. The molecule has 8 heteroatoms. The van der Waals surface area contributed by atoms with E-state index in [1.54, 1.807) is 27.7 Å². The number of halogens is 1. The average molecular weight is 416 g/mol. The van der Waals surface area contributed by atoms with Crippen LogP contribution in [-0.4, -0.2) is 41.9 Å². The van der Waals surface area contributed by atoms with Crippen molar-refractivity contribution >= 4 is 5.91 Å². The Bertz CT molecular complexity index is 1270. The van der Waals surface area contributed by atoms with Crippen LogP contribution in [0.3, 0.4) is 0 Å². The van der Waals surface area contributed by atoms with Crippen molar-refractivity contribution in [1.82, 2.24) is 29.4 Å². The summed E-state index contributed by atoms with van der Waals surface area (Å²) in [4.78, 5) is 19.6. The van der Waals surface area contributed by atoms with Crippen molar-refractivity contribution in [3.63, 3.8) is 0 Å². The van der Waals surface area contributed by atoms with Gasteiger partial charge in [-0.2, -0.15) is 10.2 Å². The fourth-order valence-electron chi connectivity index (χ4n) is 4.05. The van der Waals surface area contributed by atoms with Gasteiger partial charge in [0.05, 0.1) is 24.0 Å². The van der Waals surface area contributed by atoms with E-state index in [1.165, 1.54) is 12.1 Å². The summed E-state index contributed by atoms with van der Waals surface area (Å²) in [5.74, 6) is -0.332. The Morgan fingerprint density at radius 1 is 1.03 bits per heavy atom. The second-order valence-electron chi connectivity index (χ2n) is 7.75. The van der Waals surface area contributed by atoms with Gasteiger partial charge in [-0.1, -0.05) is 0 Å². The van der Waals surface area contributed by atoms with Crippen LogP contribution in [0, 0.1) is 5.82 Å². The van der Waals surface area contributed by atoms with Gasteiger partial charge in [0.1, 0.15) is 11.5 Å². The zero-order chi connectivity index (χ0) is 21.5. The molecule has 5 rings (SSSR count). The molecule has 0 atom stereocenters. The number of rotatable bonds is 5. The summed E-state index contributed by atoms with van der Waals surface area (Å²) in [7, 11) is 3.71. The number of benzene rings is 1. The number of hydrogen-bond donors (Lipinski definition) is 0. The minimum absolute atomic E-state index is 0.0316. The van der Waals surface area contributed by atoms with E-state index in [2.05, 4.69) is 15.2 Å². The number of nitrogens with zero attached hydrogens (tertiary/aromatic N) is 6. The molecule has 4 heterocycles. The molecule has 7 nitrogen and oxygen atoms in total. The maximum atomic E-state index is 13.4. The molecule has 0 N–H and O–H groups in total. The van der Waals surface area contributed by atoms with Crippen LogP contribution in [0.5, 0.6) is 0 Å². The zero-order valence-electron chi connectivity index (χ0n) is 17.3. The van der Waals surface area contributed by atoms with E-state index in [0.717, 1.165) is 34.4 Å². The largest absolute Gasteiger partial charge is 0.332 e. The topological polar surface area (TPSA) is 68.8 Å². The normalized spacial score (nSPS) is 13.1. The van der Waals surface area contributed by atoms with E-state index in [9.17, 15) is 9.18 Å². The van der Waals surface area contributed by atoms with Crippen molar-refractivity contribution in [3.8, 4) is 22.4 Å². The van der Waals surface area contributed by atoms with Gasteiger partial charge in [-0.3, -0.25) is 19.1 Å². The Kier molecular flexibility index (Phi) is 4.62. The fourth-order valence-corrected chi connectivity index (χ4v) is 4.05. The summed E-state index contributed by atoms with van der Waals surface area (Å²) >= 11 is 0. The van der Waals surface area contributed by atoms with E-state index >= 15 is 0 Å². The van der Waals surface area contributed by atoms with Crippen molar-refractivity contribution in [2.75, 3.05) is 6.54 Å². The SMILES string of the molecule is Cn1cc(CCN2Cc3nccc(-c4cn(C)nc4-c4ccc(F)cc4)c3C2=O)cn1. The highest BCUT2D eigenvalue weighted by molar-refractivity contribution is 6.05. The van der Waals surface area contributed by atoms with Crippen molar-refractivity contribution < 1.29 is 9.18 Å². The first-order valence-corrected chi connectivity index (χ1v) is 10.0. The standard InChI is InChI=1S/C23H21FN6O/c1-28-12-15(11-26-28)8-10-30-14-20-21(23(30)31)18(7-9-25-20)19-13-29(2)27-22(19)16-3-5-17(24)6-4-16/h3-7,9,11-13H,8,10,14H2,1-2H3. The molecular weight excluding hydrogens is 395 g/mol. The first-order chi connectivity index (χ1) is 15.0. The lowest BCUT2D eigenvalue weighted by Crippen LogP contribution is -2.26. The predicted octanol–water partition coefficient (Wildman–Crippen LogP) is 3.22. The minimum atomic E-state index is -0.300. The average Bonchev–Trinajstić information content (AvgIpc) is 3.44. The lowest BCUT2D eigenvalue weighted by atomic mass is 9.97. The Hall–Kier alpha value is -3.81. The second-order valence-corrected chi connectivity index (χ2v) is 7.75. The Morgan fingerprint density at radius 2 is 1.84 bits per heavy atom. The number of carbonyl (C=O) groups excluding carboxylic acids is 1. The van der Waals surface area contributed by atoms with Crippen LogP contribution in [0.4, 0.5) is 4.39 Å². The number of hydrogen-bond acceptors (Lipinski definition) is 4. The van der Waals surface area contributed by atoms with Gasteiger partial charge in [0, 0.05) is 55.9 Å². The molecule has 0 spiro atoms. The number of carbonyl (C=O) groups is 1. The smallest absolute Gasteiger partial charge is 0.256 e. The third kappa shape index (κ3) is 3.50. The molecule has 31 heavy (non-hydrogen) atoms. The summed E-state index contributed by atoms with van der Waals surface area (Å²) in [6.45, 7) is 1.08. The number of aryl methyl sites for hydroxylation is 2. The van der Waals surface area contributed by atoms with Crippen molar-refractivity contribution in [2.24, 2.45) is 14.1 Å². The van der Waals surface area contributed by atoms with E-state index in [0.29, 0.717) is 24.3 Å². The van der Waals surface area contributed by atoms with Gasteiger partial charge >= 0.3 is 0 Å². The first-order valence-electron chi connectivity index (χ1n) is 10.0. The molecule has 4 aromatic rings. The molecule has 1 aliphatic rings. The highest BCUT2D eigenvalue weighted by Crippen LogP contribution is 2.36. The summed E-state index contributed by atoms with van der Waals surface area (Å²) in [6.07, 6.45) is 8.13. The molecule has 1 aromatic carbocycles. The van der Waals surface area contributed by atoms with Crippen molar-refractivity contribution in [1.29, 1.82) is 0 Å². The molecule has 0 fully saturated rings. The molecular formula is C23H21FN6O. The van der Waals surface area contributed by atoms with Gasteiger partial charge in [0.25, 0.3) is 5.91 Å². The van der Waals surface area contributed by atoms with Crippen molar-refractivity contribution in [3.05, 3.63) is 77.8 Å². The Morgan fingerprint density at radius 3 is 2.58 bits per heavy atom. The second kappa shape index (κ2) is 7.46. The zero-order valence-corrected chi connectivity index (χ0v) is 17.3. The van der Waals surface area contributed by atoms with Gasteiger partial charge < -0.3 is 4.90 Å². The molecule has 0 unspecified atom stereocenters. The highest BCUT2D eigenvalue weighted by Gasteiger charge is 2.32. The Labute approximate surface area is 178 Å². The maximum Gasteiger partial charge on any atom is 0.256 e. The third-order valence-electron chi connectivity index (χ3n) is 5.54. The van der Waals surface area contributed by atoms with Crippen LogP contribution in [0.25, 0.3) is 22.4 Å². The summed E-state index contributed by atoms with van der Waals surface area (Å²) in [5.41, 5.74) is 5.60. The molecule has 0 saturated heterocycles. The van der Waals surface area contributed by atoms with E-state index in [1.807, 2.05) is 43.7 Å². The number of fused-ring (bicyclic) bond motifs is 1. The fraction of sp³-hybridized carbons (Fsp3) is 0.217. The van der Waals surface area contributed by atoms with Crippen molar-refractivity contribution in [2.45, 2.75) is 13.0 Å². The molecule has 0 aliphatic carbocycles. The van der Waals surface area contributed by atoms with Gasteiger partial charge in [0.15, 0.2) is 0 Å². The van der Waals surface area contributed by atoms with Crippen LogP contribution in [-0.2, 0) is 27.1 Å². The summed E-state index contributed by atoms with van der Waals surface area (Å²) in [6, 6.07) is 8.08. The van der Waals surface area contributed by atoms with E-state index in [-0.39, 0.29) is 11.7 Å². The number of pyridine rings is 1. The quantitative estimate of drug-likeness (QED) is 0.501. The van der Waals surface area contributed by atoms with Crippen LogP contribution in [0.2, 0.25) is 0 Å². The van der Waals surface area contributed by atoms with Gasteiger partial charge in [-0.05, 0) is 42.3 Å². The van der Waals surface area contributed by atoms with Crippen LogP contribution < -0.4 is 0 Å². The first kappa shape index (κ1) is 19.2. The van der Waals surface area contributed by atoms with Crippen LogP contribution in [0.1, 0.15) is 21.6 Å². The minimum Gasteiger partial charge on any atom is -0.332 e. The van der Waals surface area contributed by atoms with Gasteiger partial charge in [-0.25, -0.2) is 4.39 Å². The van der Waals surface area contributed by atoms with Crippen LogP contribution in [0.15, 0.2) is 55.1 Å². The van der Waals surface area contributed by atoms with E-state index < -0.39 is 0 Å². The maximum absolute atomic E-state index is 13.4. The Balaban J connectivity index is 1.49. The van der Waals surface area contributed by atoms with E-state index in [4.69, 9.17) is 0 Å².